The first-order valence-corrected chi connectivity index (χ1v) is 7.74. The molecule has 1 saturated heterocycles. The maximum atomic E-state index is 12.9. The molecular formula is C18H21N3O. The van der Waals surface area contributed by atoms with Crippen LogP contribution in [0, 0.1) is 20.8 Å². The third-order valence-electron chi connectivity index (χ3n) is 4.39. The molecule has 1 atom stereocenters. The fraction of sp³-hybridized carbons (Fsp3) is 0.389. The maximum absolute atomic E-state index is 12.9. The van der Waals surface area contributed by atoms with Crippen LogP contribution < -0.4 is 0 Å². The Hall–Kier alpha value is -2.23. The average Bonchev–Trinajstić information content (AvgIpc) is 2.96. The summed E-state index contributed by atoms with van der Waals surface area (Å²) in [5.74, 6) is 0.745. The van der Waals surface area contributed by atoms with Crippen molar-refractivity contribution in [2.24, 2.45) is 0 Å². The number of carbonyl (C=O) groups excluding carboxylic acids is 1. The van der Waals surface area contributed by atoms with Crippen LogP contribution in [-0.2, 0) is 0 Å². The highest BCUT2D eigenvalue weighted by Gasteiger charge is 2.32. The van der Waals surface area contributed by atoms with Gasteiger partial charge in [0.25, 0.3) is 5.91 Å². The van der Waals surface area contributed by atoms with Gasteiger partial charge in [0.05, 0.1) is 17.3 Å². The van der Waals surface area contributed by atoms with Crippen molar-refractivity contribution < 1.29 is 4.79 Å². The van der Waals surface area contributed by atoms with Gasteiger partial charge in [-0.15, -0.1) is 0 Å². The van der Waals surface area contributed by atoms with Gasteiger partial charge in [-0.3, -0.25) is 4.79 Å². The summed E-state index contributed by atoms with van der Waals surface area (Å²) in [7, 11) is 0. The third-order valence-corrected chi connectivity index (χ3v) is 4.39. The van der Waals surface area contributed by atoms with Gasteiger partial charge in [0.2, 0.25) is 0 Å². The lowest BCUT2D eigenvalue weighted by Gasteiger charge is -2.26. The molecule has 4 heteroatoms. The Morgan fingerprint density at radius 3 is 2.73 bits per heavy atom. The highest BCUT2D eigenvalue weighted by Crippen LogP contribution is 2.34. The molecule has 0 spiro atoms. The predicted molar refractivity (Wildman–Crippen MR) is 85.7 cm³/mol. The molecule has 1 aromatic carbocycles. The molecular weight excluding hydrogens is 274 g/mol. The molecule has 22 heavy (non-hydrogen) atoms. The number of rotatable bonds is 2. The summed E-state index contributed by atoms with van der Waals surface area (Å²) in [4.78, 5) is 23.4. The van der Waals surface area contributed by atoms with Gasteiger partial charge in [0.15, 0.2) is 0 Å². The van der Waals surface area contributed by atoms with E-state index in [2.05, 4.69) is 29.0 Å². The summed E-state index contributed by atoms with van der Waals surface area (Å²) in [6.07, 6.45) is 3.71. The van der Waals surface area contributed by atoms with Crippen molar-refractivity contribution in [3.8, 4) is 0 Å². The van der Waals surface area contributed by atoms with Gasteiger partial charge in [0.1, 0.15) is 5.82 Å². The smallest absolute Gasteiger partial charge is 0.257 e. The largest absolute Gasteiger partial charge is 0.331 e. The van der Waals surface area contributed by atoms with Gasteiger partial charge in [0, 0.05) is 12.7 Å². The minimum Gasteiger partial charge on any atom is -0.331 e. The van der Waals surface area contributed by atoms with E-state index < -0.39 is 0 Å². The van der Waals surface area contributed by atoms with Gasteiger partial charge in [-0.25, -0.2) is 9.97 Å². The summed E-state index contributed by atoms with van der Waals surface area (Å²) >= 11 is 0. The van der Waals surface area contributed by atoms with Crippen molar-refractivity contribution >= 4 is 5.91 Å². The molecule has 0 saturated carbocycles. The molecule has 0 N–H and O–H groups in total. The first kappa shape index (κ1) is 14.7. The summed E-state index contributed by atoms with van der Waals surface area (Å²) in [5.41, 5.74) is 3.86. The highest BCUT2D eigenvalue weighted by atomic mass is 16.2. The number of benzene rings is 1. The number of hydrogen-bond acceptors (Lipinski definition) is 3. The SMILES string of the molecule is Cc1ncc(C(=O)N2CCCC2c2ccccc2C)c(C)n1. The maximum Gasteiger partial charge on any atom is 0.257 e. The summed E-state index contributed by atoms with van der Waals surface area (Å²) in [6, 6.07) is 8.48. The molecule has 4 nitrogen and oxygen atoms in total. The third kappa shape index (κ3) is 2.61. The van der Waals surface area contributed by atoms with Crippen LogP contribution in [0.1, 0.15) is 51.9 Å². The molecule has 1 aliphatic heterocycles. The molecule has 1 fully saturated rings. The van der Waals surface area contributed by atoms with Crippen LogP contribution in [0.4, 0.5) is 0 Å². The molecule has 0 bridgehead atoms. The van der Waals surface area contributed by atoms with Crippen molar-refractivity contribution in [2.75, 3.05) is 6.54 Å². The van der Waals surface area contributed by atoms with Gasteiger partial charge in [-0.1, -0.05) is 24.3 Å². The Morgan fingerprint density at radius 1 is 1.23 bits per heavy atom. The minimum absolute atomic E-state index is 0.0447. The molecule has 2 heterocycles. The topological polar surface area (TPSA) is 46.1 Å². The molecule has 1 amide bonds. The zero-order valence-electron chi connectivity index (χ0n) is 13.3. The minimum atomic E-state index is 0.0447. The van der Waals surface area contributed by atoms with E-state index >= 15 is 0 Å². The van der Waals surface area contributed by atoms with Crippen LogP contribution in [0.25, 0.3) is 0 Å². The van der Waals surface area contributed by atoms with E-state index in [0.29, 0.717) is 11.4 Å². The second kappa shape index (κ2) is 5.87. The monoisotopic (exact) mass is 295 g/mol. The molecule has 0 aliphatic carbocycles. The Bertz CT molecular complexity index is 711. The molecule has 1 aliphatic rings. The van der Waals surface area contributed by atoms with Crippen molar-refractivity contribution in [2.45, 2.75) is 39.7 Å². The lowest BCUT2D eigenvalue weighted by atomic mass is 9.99. The lowest BCUT2D eigenvalue weighted by molar-refractivity contribution is 0.0733. The van der Waals surface area contributed by atoms with Gasteiger partial charge in [-0.2, -0.15) is 0 Å². The van der Waals surface area contributed by atoms with E-state index in [4.69, 9.17) is 0 Å². The first-order valence-electron chi connectivity index (χ1n) is 7.74. The second-order valence-electron chi connectivity index (χ2n) is 5.93. The lowest BCUT2D eigenvalue weighted by Crippen LogP contribution is -2.31. The number of nitrogens with zero attached hydrogens (tertiary/aromatic N) is 3. The molecule has 1 aromatic heterocycles. The van der Waals surface area contributed by atoms with Crippen molar-refractivity contribution in [1.29, 1.82) is 0 Å². The van der Waals surface area contributed by atoms with E-state index in [1.54, 1.807) is 6.20 Å². The molecule has 1 unspecified atom stereocenters. The fourth-order valence-electron chi connectivity index (χ4n) is 3.24. The van der Waals surface area contributed by atoms with E-state index in [9.17, 15) is 4.79 Å². The number of hydrogen-bond donors (Lipinski definition) is 0. The highest BCUT2D eigenvalue weighted by molar-refractivity contribution is 5.95. The Labute approximate surface area is 131 Å². The summed E-state index contributed by atoms with van der Waals surface area (Å²) in [6.45, 7) is 6.62. The van der Waals surface area contributed by atoms with Gasteiger partial charge in [-0.05, 0) is 44.7 Å². The molecule has 0 radical (unpaired) electrons. The van der Waals surface area contributed by atoms with Crippen LogP contribution in [0.2, 0.25) is 0 Å². The molecule has 3 rings (SSSR count). The summed E-state index contributed by atoms with van der Waals surface area (Å²) in [5, 5.41) is 0. The van der Waals surface area contributed by atoms with Crippen LogP contribution in [0.5, 0.6) is 0 Å². The average molecular weight is 295 g/mol. The van der Waals surface area contributed by atoms with E-state index in [0.717, 1.165) is 25.1 Å². The van der Waals surface area contributed by atoms with Crippen LogP contribution in [0.3, 0.4) is 0 Å². The van der Waals surface area contributed by atoms with Crippen LogP contribution in [-0.4, -0.2) is 27.3 Å². The van der Waals surface area contributed by atoms with E-state index in [-0.39, 0.29) is 11.9 Å². The number of aromatic nitrogens is 2. The van der Waals surface area contributed by atoms with E-state index in [1.807, 2.05) is 30.9 Å². The molecule has 114 valence electrons. The van der Waals surface area contributed by atoms with Crippen molar-refractivity contribution in [3.63, 3.8) is 0 Å². The van der Waals surface area contributed by atoms with Crippen LogP contribution in [0.15, 0.2) is 30.5 Å². The number of aryl methyl sites for hydroxylation is 3. The van der Waals surface area contributed by atoms with Gasteiger partial charge >= 0.3 is 0 Å². The Morgan fingerprint density at radius 2 is 2.00 bits per heavy atom. The predicted octanol–water partition coefficient (Wildman–Crippen LogP) is 3.38. The standard InChI is InChI=1S/C18H21N3O/c1-12-7-4-5-8-15(12)17-9-6-10-21(17)18(22)16-11-19-14(3)20-13(16)2/h4-5,7-8,11,17H,6,9-10H2,1-3H3. The number of carbonyl (C=O) groups is 1. The molecule has 2 aromatic rings. The first-order chi connectivity index (χ1) is 10.6. The zero-order valence-corrected chi connectivity index (χ0v) is 13.3. The van der Waals surface area contributed by atoms with Gasteiger partial charge < -0.3 is 4.90 Å². The van der Waals surface area contributed by atoms with Crippen molar-refractivity contribution in [1.82, 2.24) is 14.9 Å². The fourth-order valence-corrected chi connectivity index (χ4v) is 3.24. The quantitative estimate of drug-likeness (QED) is 0.853. The number of likely N-dealkylation sites (tertiary alicyclic amines) is 1. The normalized spacial score (nSPS) is 17.8. The number of amides is 1. The van der Waals surface area contributed by atoms with Crippen LogP contribution >= 0.6 is 0 Å². The van der Waals surface area contributed by atoms with E-state index in [1.165, 1.54) is 11.1 Å². The second-order valence-corrected chi connectivity index (χ2v) is 5.93. The Kier molecular flexibility index (Phi) is 3.92. The van der Waals surface area contributed by atoms with Crippen molar-refractivity contribution in [3.05, 3.63) is 58.7 Å². The summed E-state index contributed by atoms with van der Waals surface area (Å²) < 4.78 is 0. The Balaban J connectivity index is 1.93. The zero-order chi connectivity index (χ0) is 15.7.